The van der Waals surface area contributed by atoms with Crippen LogP contribution in [0, 0.1) is 5.82 Å². The smallest absolute Gasteiger partial charge is 0.147 e. The molecule has 0 bridgehead atoms. The van der Waals surface area contributed by atoms with Gasteiger partial charge in [-0.25, -0.2) is 4.39 Å². The van der Waals surface area contributed by atoms with E-state index >= 15 is 0 Å². The van der Waals surface area contributed by atoms with Gasteiger partial charge in [-0.3, -0.25) is 0 Å². The first kappa shape index (κ1) is 8.26. The van der Waals surface area contributed by atoms with Crippen LogP contribution in [0.4, 0.5) is 4.39 Å². The van der Waals surface area contributed by atoms with Crippen molar-refractivity contribution in [1.82, 2.24) is 4.98 Å². The number of aromatic amines is 1. The van der Waals surface area contributed by atoms with E-state index in [2.05, 4.69) is 4.98 Å². The molecule has 1 heterocycles. The standard InChI is InChI=1S/C10H10FNO/c1-13-6-7-5-12-10-8(7)3-2-4-9(10)11/h2-5,12H,6H2,1H3. The molecule has 0 atom stereocenters. The first-order chi connectivity index (χ1) is 6.33. The molecule has 0 aliphatic carbocycles. The lowest BCUT2D eigenvalue weighted by molar-refractivity contribution is 0.186. The van der Waals surface area contributed by atoms with Gasteiger partial charge in [0.25, 0.3) is 0 Å². The van der Waals surface area contributed by atoms with Crippen LogP contribution in [0.25, 0.3) is 10.9 Å². The summed E-state index contributed by atoms with van der Waals surface area (Å²) in [6.45, 7) is 0.503. The third kappa shape index (κ3) is 1.31. The number of halogens is 1. The van der Waals surface area contributed by atoms with Gasteiger partial charge in [0, 0.05) is 24.3 Å². The molecular formula is C10H10FNO. The lowest BCUT2D eigenvalue weighted by Crippen LogP contribution is -1.84. The first-order valence-corrected chi connectivity index (χ1v) is 4.06. The molecule has 0 unspecified atom stereocenters. The van der Waals surface area contributed by atoms with E-state index in [1.54, 1.807) is 19.4 Å². The van der Waals surface area contributed by atoms with Crippen molar-refractivity contribution >= 4 is 10.9 Å². The SMILES string of the molecule is COCc1c[nH]c2c(F)cccc12. The average molecular weight is 179 g/mol. The number of benzene rings is 1. The summed E-state index contributed by atoms with van der Waals surface area (Å²) in [6.07, 6.45) is 1.78. The van der Waals surface area contributed by atoms with Gasteiger partial charge in [0.15, 0.2) is 0 Å². The van der Waals surface area contributed by atoms with Crippen molar-refractivity contribution < 1.29 is 9.13 Å². The van der Waals surface area contributed by atoms with Gasteiger partial charge in [0.1, 0.15) is 5.82 Å². The Morgan fingerprint density at radius 1 is 1.46 bits per heavy atom. The lowest BCUT2D eigenvalue weighted by atomic mass is 10.2. The van der Waals surface area contributed by atoms with E-state index < -0.39 is 0 Å². The third-order valence-corrected chi connectivity index (χ3v) is 2.05. The molecule has 3 heteroatoms. The number of ether oxygens (including phenoxy) is 1. The molecule has 0 amide bonds. The number of rotatable bonds is 2. The van der Waals surface area contributed by atoms with Gasteiger partial charge < -0.3 is 9.72 Å². The fourth-order valence-corrected chi connectivity index (χ4v) is 1.45. The lowest BCUT2D eigenvalue weighted by Gasteiger charge is -1.96. The molecule has 0 saturated heterocycles. The predicted octanol–water partition coefficient (Wildman–Crippen LogP) is 2.45. The first-order valence-electron chi connectivity index (χ1n) is 4.06. The molecule has 68 valence electrons. The van der Waals surface area contributed by atoms with Crippen molar-refractivity contribution in [2.45, 2.75) is 6.61 Å². The van der Waals surface area contributed by atoms with Gasteiger partial charge in [-0.2, -0.15) is 0 Å². The van der Waals surface area contributed by atoms with E-state index in [9.17, 15) is 4.39 Å². The van der Waals surface area contributed by atoms with E-state index in [0.29, 0.717) is 12.1 Å². The maximum Gasteiger partial charge on any atom is 0.147 e. The molecule has 0 radical (unpaired) electrons. The Kier molecular flexibility index (Phi) is 2.02. The Morgan fingerprint density at radius 3 is 3.08 bits per heavy atom. The van der Waals surface area contributed by atoms with Crippen LogP contribution in [-0.4, -0.2) is 12.1 Å². The highest BCUT2D eigenvalue weighted by Gasteiger charge is 2.05. The summed E-state index contributed by atoms with van der Waals surface area (Å²) < 4.78 is 18.2. The Balaban J connectivity index is 2.61. The number of fused-ring (bicyclic) bond motifs is 1. The van der Waals surface area contributed by atoms with Crippen LogP contribution in [0.1, 0.15) is 5.56 Å². The number of aromatic nitrogens is 1. The van der Waals surface area contributed by atoms with Crippen molar-refractivity contribution in [3.8, 4) is 0 Å². The normalized spacial score (nSPS) is 10.9. The number of hydrogen-bond acceptors (Lipinski definition) is 1. The Hall–Kier alpha value is -1.35. The summed E-state index contributed by atoms with van der Waals surface area (Å²) in [5, 5.41) is 0.891. The van der Waals surface area contributed by atoms with E-state index in [-0.39, 0.29) is 5.82 Å². The molecule has 1 aromatic heterocycles. The van der Waals surface area contributed by atoms with Gasteiger partial charge in [0.2, 0.25) is 0 Å². The number of hydrogen-bond donors (Lipinski definition) is 1. The van der Waals surface area contributed by atoms with Crippen molar-refractivity contribution in [3.05, 3.63) is 35.8 Å². The summed E-state index contributed by atoms with van der Waals surface area (Å²) in [6, 6.07) is 5.02. The zero-order valence-electron chi connectivity index (χ0n) is 7.30. The highest BCUT2D eigenvalue weighted by Crippen LogP contribution is 2.20. The quantitative estimate of drug-likeness (QED) is 0.752. The van der Waals surface area contributed by atoms with E-state index in [4.69, 9.17) is 4.74 Å². The molecule has 0 aliphatic rings. The maximum absolute atomic E-state index is 13.2. The minimum absolute atomic E-state index is 0.222. The summed E-state index contributed by atoms with van der Waals surface area (Å²) >= 11 is 0. The van der Waals surface area contributed by atoms with Crippen LogP contribution in [0.3, 0.4) is 0 Å². The van der Waals surface area contributed by atoms with Gasteiger partial charge in [0.05, 0.1) is 12.1 Å². The topological polar surface area (TPSA) is 25.0 Å². The molecule has 2 nitrogen and oxygen atoms in total. The molecule has 2 aromatic rings. The summed E-state index contributed by atoms with van der Waals surface area (Å²) in [5.74, 6) is -0.222. The van der Waals surface area contributed by atoms with Crippen LogP contribution in [0.2, 0.25) is 0 Å². The van der Waals surface area contributed by atoms with Crippen LogP contribution >= 0.6 is 0 Å². The molecular weight excluding hydrogens is 169 g/mol. The minimum Gasteiger partial charge on any atom is -0.380 e. The molecule has 1 N–H and O–H groups in total. The van der Waals surface area contributed by atoms with Gasteiger partial charge in [-0.05, 0) is 6.07 Å². The molecule has 1 aromatic carbocycles. The van der Waals surface area contributed by atoms with E-state index in [1.807, 2.05) is 6.07 Å². The Bertz CT molecular complexity index is 422. The zero-order chi connectivity index (χ0) is 9.26. The molecule has 13 heavy (non-hydrogen) atoms. The third-order valence-electron chi connectivity index (χ3n) is 2.05. The molecule has 0 spiro atoms. The monoisotopic (exact) mass is 179 g/mol. The molecule has 0 saturated carbocycles. The second-order valence-electron chi connectivity index (χ2n) is 2.91. The van der Waals surface area contributed by atoms with E-state index in [0.717, 1.165) is 10.9 Å². The maximum atomic E-state index is 13.2. The Morgan fingerprint density at radius 2 is 2.31 bits per heavy atom. The van der Waals surface area contributed by atoms with Crippen LogP contribution in [0.15, 0.2) is 24.4 Å². The molecule has 0 aliphatic heterocycles. The summed E-state index contributed by atoms with van der Waals surface area (Å²) in [7, 11) is 1.62. The summed E-state index contributed by atoms with van der Waals surface area (Å²) in [5.41, 5.74) is 1.53. The van der Waals surface area contributed by atoms with Gasteiger partial charge in [-0.15, -0.1) is 0 Å². The van der Waals surface area contributed by atoms with Crippen molar-refractivity contribution in [2.75, 3.05) is 7.11 Å². The largest absolute Gasteiger partial charge is 0.380 e. The number of H-pyrrole nitrogens is 1. The number of methoxy groups -OCH3 is 1. The van der Waals surface area contributed by atoms with E-state index in [1.165, 1.54) is 6.07 Å². The van der Waals surface area contributed by atoms with Crippen molar-refractivity contribution in [2.24, 2.45) is 0 Å². The highest BCUT2D eigenvalue weighted by molar-refractivity contribution is 5.83. The second-order valence-corrected chi connectivity index (χ2v) is 2.91. The zero-order valence-corrected chi connectivity index (χ0v) is 7.30. The fraction of sp³-hybridized carbons (Fsp3) is 0.200. The van der Waals surface area contributed by atoms with Crippen LogP contribution < -0.4 is 0 Å². The average Bonchev–Trinajstić information content (AvgIpc) is 2.51. The molecule has 2 rings (SSSR count). The second kappa shape index (κ2) is 3.18. The van der Waals surface area contributed by atoms with Crippen molar-refractivity contribution in [1.29, 1.82) is 0 Å². The number of nitrogens with one attached hydrogen (secondary N) is 1. The van der Waals surface area contributed by atoms with Gasteiger partial charge in [-0.1, -0.05) is 12.1 Å². The van der Waals surface area contributed by atoms with Crippen molar-refractivity contribution in [3.63, 3.8) is 0 Å². The summed E-state index contributed by atoms with van der Waals surface area (Å²) in [4.78, 5) is 2.89. The fourth-order valence-electron chi connectivity index (χ4n) is 1.45. The van der Waals surface area contributed by atoms with Crippen LogP contribution in [0.5, 0.6) is 0 Å². The molecule has 0 fully saturated rings. The predicted molar refractivity (Wildman–Crippen MR) is 49.0 cm³/mol. The number of para-hydroxylation sites is 1. The van der Waals surface area contributed by atoms with Crippen LogP contribution in [-0.2, 0) is 11.3 Å². The Labute approximate surface area is 75.3 Å². The minimum atomic E-state index is -0.222. The highest BCUT2D eigenvalue weighted by atomic mass is 19.1. The van der Waals surface area contributed by atoms with Gasteiger partial charge >= 0.3 is 0 Å².